The van der Waals surface area contributed by atoms with Crippen molar-refractivity contribution < 1.29 is 0 Å². The highest BCUT2D eigenvalue weighted by Crippen LogP contribution is 2.44. The molecule has 1 aromatic heterocycles. The van der Waals surface area contributed by atoms with Crippen LogP contribution in [0.15, 0.2) is 18.3 Å². The van der Waals surface area contributed by atoms with E-state index in [1.807, 2.05) is 12.3 Å². The van der Waals surface area contributed by atoms with Gasteiger partial charge in [0.05, 0.1) is 0 Å². The van der Waals surface area contributed by atoms with Gasteiger partial charge in [0.15, 0.2) is 0 Å². The van der Waals surface area contributed by atoms with Crippen LogP contribution >= 0.6 is 11.6 Å². The second-order valence-corrected chi connectivity index (χ2v) is 6.89. The molecule has 0 amide bonds. The molecule has 2 unspecified atom stereocenters. The first kappa shape index (κ1) is 13.9. The van der Waals surface area contributed by atoms with Gasteiger partial charge in [-0.1, -0.05) is 32.8 Å². The summed E-state index contributed by atoms with van der Waals surface area (Å²) in [5, 5.41) is 0.217. The zero-order chi connectivity index (χ0) is 13.2. The van der Waals surface area contributed by atoms with Gasteiger partial charge >= 0.3 is 0 Å². The van der Waals surface area contributed by atoms with E-state index < -0.39 is 0 Å². The highest BCUT2D eigenvalue weighted by Gasteiger charge is 2.36. The van der Waals surface area contributed by atoms with E-state index in [0.717, 1.165) is 6.42 Å². The Kier molecular flexibility index (Phi) is 4.32. The minimum atomic E-state index is 0.217. The molecule has 1 saturated carbocycles. The van der Waals surface area contributed by atoms with Gasteiger partial charge in [-0.2, -0.15) is 0 Å². The molecular formula is C16H24ClN. The third kappa shape index (κ3) is 3.06. The summed E-state index contributed by atoms with van der Waals surface area (Å²) in [7, 11) is 0. The molecule has 2 atom stereocenters. The Balaban J connectivity index is 2.07. The van der Waals surface area contributed by atoms with E-state index in [1.165, 1.54) is 36.9 Å². The Bertz CT molecular complexity index is 400. The van der Waals surface area contributed by atoms with Gasteiger partial charge in [0.2, 0.25) is 0 Å². The molecule has 0 aromatic carbocycles. The monoisotopic (exact) mass is 265 g/mol. The molecule has 100 valence electrons. The van der Waals surface area contributed by atoms with Gasteiger partial charge < -0.3 is 0 Å². The molecule has 1 aliphatic rings. The predicted octanol–water partition coefficient (Wildman–Crippen LogP) is 4.76. The lowest BCUT2D eigenvalue weighted by Crippen LogP contribution is -2.35. The fourth-order valence-corrected chi connectivity index (χ4v) is 3.86. The van der Waals surface area contributed by atoms with Crippen molar-refractivity contribution in [2.45, 2.75) is 58.3 Å². The smallest absolute Gasteiger partial charge is 0.0447 e. The zero-order valence-electron chi connectivity index (χ0n) is 11.7. The maximum absolute atomic E-state index is 6.71. The average Bonchev–Trinajstić information content (AvgIpc) is 2.31. The fraction of sp³-hybridized carbons (Fsp3) is 0.688. The van der Waals surface area contributed by atoms with Crippen LogP contribution in [0, 0.1) is 18.3 Å². The maximum Gasteiger partial charge on any atom is 0.0447 e. The minimum absolute atomic E-state index is 0.217. The quantitative estimate of drug-likeness (QED) is 0.719. The van der Waals surface area contributed by atoms with Crippen molar-refractivity contribution in [3.8, 4) is 0 Å². The Morgan fingerprint density at radius 1 is 1.44 bits per heavy atom. The number of nitrogens with zero attached hydrogens (tertiary/aromatic N) is 1. The van der Waals surface area contributed by atoms with E-state index in [-0.39, 0.29) is 5.38 Å². The molecule has 0 aliphatic heterocycles. The molecule has 1 fully saturated rings. The van der Waals surface area contributed by atoms with E-state index in [2.05, 4.69) is 31.8 Å². The number of hydrogen-bond donors (Lipinski definition) is 0. The Morgan fingerprint density at radius 2 is 2.22 bits per heavy atom. The number of pyridine rings is 1. The summed E-state index contributed by atoms with van der Waals surface area (Å²) >= 11 is 6.71. The highest BCUT2D eigenvalue weighted by atomic mass is 35.5. The van der Waals surface area contributed by atoms with Gasteiger partial charge in [-0.25, -0.2) is 0 Å². The number of halogens is 1. The number of aromatic nitrogens is 1. The first-order chi connectivity index (χ1) is 8.50. The molecule has 1 aromatic rings. The van der Waals surface area contributed by atoms with Crippen LogP contribution in [0.4, 0.5) is 0 Å². The summed E-state index contributed by atoms with van der Waals surface area (Å²) in [5.74, 6) is 0.620. The van der Waals surface area contributed by atoms with Crippen LogP contribution in [-0.4, -0.2) is 10.4 Å². The van der Waals surface area contributed by atoms with Crippen LogP contribution in [0.5, 0.6) is 0 Å². The number of rotatable bonds is 3. The maximum atomic E-state index is 6.71. The van der Waals surface area contributed by atoms with Crippen LogP contribution in [-0.2, 0) is 6.42 Å². The van der Waals surface area contributed by atoms with Crippen LogP contribution in [0.2, 0.25) is 0 Å². The molecule has 2 rings (SSSR count). The van der Waals surface area contributed by atoms with E-state index in [0.29, 0.717) is 11.3 Å². The summed E-state index contributed by atoms with van der Waals surface area (Å²) in [6, 6.07) is 4.12. The topological polar surface area (TPSA) is 12.9 Å². The number of hydrogen-bond acceptors (Lipinski definition) is 1. The van der Waals surface area contributed by atoms with E-state index >= 15 is 0 Å². The van der Waals surface area contributed by atoms with E-state index in [9.17, 15) is 0 Å². The molecule has 0 spiro atoms. The molecule has 1 nitrogen and oxygen atoms in total. The summed E-state index contributed by atoms with van der Waals surface area (Å²) in [6.45, 7) is 6.87. The van der Waals surface area contributed by atoms with Crippen LogP contribution in [0.1, 0.15) is 50.8 Å². The van der Waals surface area contributed by atoms with Gasteiger partial charge in [-0.3, -0.25) is 4.98 Å². The van der Waals surface area contributed by atoms with Gasteiger partial charge in [0.1, 0.15) is 0 Å². The fourth-order valence-electron chi connectivity index (χ4n) is 3.25. The van der Waals surface area contributed by atoms with Gasteiger partial charge in [-0.15, -0.1) is 11.6 Å². The Morgan fingerprint density at radius 3 is 2.89 bits per heavy atom. The van der Waals surface area contributed by atoms with Crippen molar-refractivity contribution in [3.63, 3.8) is 0 Å². The van der Waals surface area contributed by atoms with Crippen molar-refractivity contribution in [3.05, 3.63) is 29.6 Å². The molecule has 0 N–H and O–H groups in total. The molecule has 0 radical (unpaired) electrons. The summed E-state index contributed by atoms with van der Waals surface area (Å²) in [5.41, 5.74) is 2.81. The SMILES string of the molecule is Cc1cccnc1CC(Cl)C1CCCCC1(C)C. The number of alkyl halides is 1. The third-order valence-corrected chi connectivity index (χ3v) is 4.99. The molecule has 0 bridgehead atoms. The van der Waals surface area contributed by atoms with Gasteiger partial charge in [-0.05, 0) is 42.7 Å². The lowest BCUT2D eigenvalue weighted by Gasteiger charge is -2.41. The molecule has 0 saturated heterocycles. The second kappa shape index (κ2) is 5.61. The predicted molar refractivity (Wildman–Crippen MR) is 78.1 cm³/mol. The van der Waals surface area contributed by atoms with Crippen molar-refractivity contribution in [1.29, 1.82) is 0 Å². The lowest BCUT2D eigenvalue weighted by molar-refractivity contribution is 0.132. The molecule has 1 heterocycles. The minimum Gasteiger partial charge on any atom is -0.261 e. The van der Waals surface area contributed by atoms with Crippen molar-refractivity contribution in [1.82, 2.24) is 4.98 Å². The summed E-state index contributed by atoms with van der Waals surface area (Å²) < 4.78 is 0. The van der Waals surface area contributed by atoms with Crippen LogP contribution in [0.3, 0.4) is 0 Å². The summed E-state index contributed by atoms with van der Waals surface area (Å²) in [4.78, 5) is 4.48. The second-order valence-electron chi connectivity index (χ2n) is 6.33. The van der Waals surface area contributed by atoms with Gasteiger partial charge in [0, 0.05) is 23.7 Å². The van der Waals surface area contributed by atoms with Gasteiger partial charge in [0.25, 0.3) is 0 Å². The van der Waals surface area contributed by atoms with E-state index in [1.54, 1.807) is 0 Å². The molecule has 1 aliphatic carbocycles. The molecule has 2 heteroatoms. The molecule has 18 heavy (non-hydrogen) atoms. The third-order valence-electron chi connectivity index (χ3n) is 4.53. The van der Waals surface area contributed by atoms with Crippen molar-refractivity contribution in [2.75, 3.05) is 0 Å². The number of aryl methyl sites for hydroxylation is 1. The lowest BCUT2D eigenvalue weighted by atomic mass is 9.67. The largest absolute Gasteiger partial charge is 0.261 e. The first-order valence-electron chi connectivity index (χ1n) is 7.05. The van der Waals surface area contributed by atoms with Crippen LogP contribution in [0.25, 0.3) is 0 Å². The average molecular weight is 266 g/mol. The zero-order valence-corrected chi connectivity index (χ0v) is 12.5. The van der Waals surface area contributed by atoms with Crippen LogP contribution < -0.4 is 0 Å². The standard InChI is InChI=1S/C16H24ClN/c1-12-7-6-10-18-15(12)11-14(17)13-8-4-5-9-16(13,2)3/h6-7,10,13-14H,4-5,8-9,11H2,1-3H3. The molecular weight excluding hydrogens is 242 g/mol. The highest BCUT2D eigenvalue weighted by molar-refractivity contribution is 6.21. The van der Waals surface area contributed by atoms with E-state index in [4.69, 9.17) is 11.6 Å². The van der Waals surface area contributed by atoms with Crippen molar-refractivity contribution >= 4 is 11.6 Å². The Hall–Kier alpha value is -0.560. The Labute approximate surface area is 116 Å². The first-order valence-corrected chi connectivity index (χ1v) is 7.49. The normalized spacial score (nSPS) is 24.8. The van der Waals surface area contributed by atoms with Crippen molar-refractivity contribution in [2.24, 2.45) is 11.3 Å². The summed E-state index contributed by atoms with van der Waals surface area (Å²) in [6.07, 6.45) is 8.05.